The van der Waals surface area contributed by atoms with Crippen molar-refractivity contribution in [3.63, 3.8) is 0 Å². The molecular weight excluding hydrogens is 386 g/mol. The number of rotatable bonds is 6. The lowest BCUT2D eigenvalue weighted by Crippen LogP contribution is -2.26. The van der Waals surface area contributed by atoms with Gasteiger partial charge >= 0.3 is 0 Å². The van der Waals surface area contributed by atoms with E-state index in [0.29, 0.717) is 11.3 Å². The monoisotopic (exact) mass is 409 g/mol. The van der Waals surface area contributed by atoms with Gasteiger partial charge in [-0.2, -0.15) is 0 Å². The minimum Gasteiger partial charge on any atom is -0.376 e. The van der Waals surface area contributed by atoms with E-state index in [1.54, 1.807) is 36.2 Å². The molecule has 0 unspecified atom stereocenters. The molecule has 2 N–H and O–H groups in total. The summed E-state index contributed by atoms with van der Waals surface area (Å²) in [6, 6.07) is 30.4. The molecule has 5 heteroatoms. The maximum atomic E-state index is 12.7. The highest BCUT2D eigenvalue weighted by molar-refractivity contribution is 6.06. The van der Waals surface area contributed by atoms with E-state index in [1.807, 2.05) is 72.8 Å². The van der Waals surface area contributed by atoms with Crippen LogP contribution in [0.15, 0.2) is 97.1 Å². The van der Waals surface area contributed by atoms with Crippen LogP contribution in [0.5, 0.6) is 0 Å². The number of carbonyl (C=O) groups excluding carboxylic acids is 2. The van der Waals surface area contributed by atoms with E-state index in [9.17, 15) is 9.59 Å². The zero-order valence-electron chi connectivity index (χ0n) is 17.2. The number of nitrogens with one attached hydrogen (secondary N) is 2. The van der Waals surface area contributed by atoms with Gasteiger partial charge in [0.1, 0.15) is 0 Å². The van der Waals surface area contributed by atoms with Crippen molar-refractivity contribution in [1.82, 2.24) is 0 Å². The molecule has 154 valence electrons. The second-order valence-electron chi connectivity index (χ2n) is 7.21. The third kappa shape index (κ3) is 4.73. The molecule has 0 radical (unpaired) electrons. The number of hydrogen-bond acceptors (Lipinski definition) is 3. The first-order valence-electron chi connectivity index (χ1n) is 10.1. The van der Waals surface area contributed by atoms with Crippen molar-refractivity contribution >= 4 is 39.6 Å². The molecule has 0 atom stereocenters. The van der Waals surface area contributed by atoms with Gasteiger partial charge in [0.05, 0.1) is 6.54 Å². The van der Waals surface area contributed by atoms with Gasteiger partial charge in [0.25, 0.3) is 5.91 Å². The number of nitrogens with zero attached hydrogens (tertiary/aromatic N) is 1. The highest BCUT2D eigenvalue weighted by Crippen LogP contribution is 2.23. The fourth-order valence-corrected chi connectivity index (χ4v) is 3.42. The summed E-state index contributed by atoms with van der Waals surface area (Å²) >= 11 is 0. The lowest BCUT2D eigenvalue weighted by atomic mass is 10.1. The maximum absolute atomic E-state index is 12.7. The Hall–Kier alpha value is -4.12. The van der Waals surface area contributed by atoms with Crippen molar-refractivity contribution in [1.29, 1.82) is 0 Å². The van der Waals surface area contributed by atoms with Crippen LogP contribution in [-0.4, -0.2) is 25.4 Å². The van der Waals surface area contributed by atoms with E-state index in [0.717, 1.165) is 22.1 Å². The van der Waals surface area contributed by atoms with E-state index in [4.69, 9.17) is 0 Å². The number of anilines is 3. The van der Waals surface area contributed by atoms with Crippen LogP contribution in [0.3, 0.4) is 0 Å². The third-order valence-corrected chi connectivity index (χ3v) is 5.09. The van der Waals surface area contributed by atoms with Gasteiger partial charge < -0.3 is 15.5 Å². The summed E-state index contributed by atoms with van der Waals surface area (Å²) in [7, 11) is 1.74. The summed E-state index contributed by atoms with van der Waals surface area (Å²) < 4.78 is 0. The molecule has 2 amide bonds. The van der Waals surface area contributed by atoms with Gasteiger partial charge in [-0.3, -0.25) is 9.59 Å². The number of hydrogen-bond donors (Lipinski definition) is 2. The topological polar surface area (TPSA) is 61.4 Å². The van der Waals surface area contributed by atoms with Gasteiger partial charge in [-0.15, -0.1) is 0 Å². The molecule has 0 spiro atoms. The zero-order chi connectivity index (χ0) is 21.6. The minimum atomic E-state index is -0.159. The first-order valence-corrected chi connectivity index (χ1v) is 10.1. The van der Waals surface area contributed by atoms with Crippen LogP contribution in [-0.2, 0) is 4.79 Å². The van der Waals surface area contributed by atoms with Crippen LogP contribution in [0.1, 0.15) is 10.4 Å². The summed E-state index contributed by atoms with van der Waals surface area (Å²) in [5.41, 5.74) is 2.93. The highest BCUT2D eigenvalue weighted by atomic mass is 16.2. The van der Waals surface area contributed by atoms with Gasteiger partial charge in [-0.1, -0.05) is 54.6 Å². The molecule has 4 aromatic rings. The highest BCUT2D eigenvalue weighted by Gasteiger charge is 2.13. The molecular formula is C26H23N3O2. The SMILES string of the molecule is CN(C(=O)c1ccc(NC(=O)CNc2cccc3ccccc23)cc1)c1ccccc1. The number of para-hydroxylation sites is 1. The molecule has 0 aromatic heterocycles. The molecule has 0 aliphatic carbocycles. The van der Waals surface area contributed by atoms with Gasteiger partial charge in [0.15, 0.2) is 0 Å². The Morgan fingerprint density at radius 3 is 2.23 bits per heavy atom. The van der Waals surface area contributed by atoms with Gasteiger partial charge in [0.2, 0.25) is 5.91 Å². The van der Waals surface area contributed by atoms with E-state index >= 15 is 0 Å². The molecule has 0 fully saturated rings. The van der Waals surface area contributed by atoms with Gasteiger partial charge in [0, 0.05) is 35.1 Å². The van der Waals surface area contributed by atoms with E-state index in [1.165, 1.54) is 0 Å². The quantitative estimate of drug-likeness (QED) is 0.462. The van der Waals surface area contributed by atoms with Crippen molar-refractivity contribution in [2.75, 3.05) is 29.1 Å². The van der Waals surface area contributed by atoms with Crippen LogP contribution in [0.25, 0.3) is 10.8 Å². The van der Waals surface area contributed by atoms with Crippen LogP contribution in [0.4, 0.5) is 17.1 Å². The van der Waals surface area contributed by atoms with E-state index < -0.39 is 0 Å². The van der Waals surface area contributed by atoms with Crippen LogP contribution in [0.2, 0.25) is 0 Å². The normalized spacial score (nSPS) is 10.5. The Morgan fingerprint density at radius 1 is 0.774 bits per heavy atom. The van der Waals surface area contributed by atoms with Crippen molar-refractivity contribution in [2.45, 2.75) is 0 Å². The molecule has 4 rings (SSSR count). The molecule has 0 aliphatic rings. The fraction of sp³-hybridized carbons (Fsp3) is 0.0769. The molecule has 0 bridgehead atoms. The molecule has 5 nitrogen and oxygen atoms in total. The molecule has 0 aliphatic heterocycles. The summed E-state index contributed by atoms with van der Waals surface area (Å²) in [6.45, 7) is 0.144. The minimum absolute atomic E-state index is 0.110. The average Bonchev–Trinajstić information content (AvgIpc) is 2.83. The molecule has 0 heterocycles. The number of fused-ring (bicyclic) bond motifs is 1. The zero-order valence-corrected chi connectivity index (χ0v) is 17.2. The third-order valence-electron chi connectivity index (χ3n) is 5.09. The number of carbonyl (C=O) groups is 2. The van der Waals surface area contributed by atoms with Gasteiger partial charge in [-0.25, -0.2) is 0 Å². The lowest BCUT2D eigenvalue weighted by Gasteiger charge is -2.17. The van der Waals surface area contributed by atoms with E-state index in [-0.39, 0.29) is 18.4 Å². The molecule has 4 aromatic carbocycles. The molecule has 31 heavy (non-hydrogen) atoms. The second kappa shape index (κ2) is 9.13. The number of benzene rings is 4. The first-order chi connectivity index (χ1) is 15.1. The number of amides is 2. The Kier molecular flexibility index (Phi) is 5.94. The predicted molar refractivity (Wildman–Crippen MR) is 127 cm³/mol. The molecule has 0 saturated heterocycles. The van der Waals surface area contributed by atoms with Gasteiger partial charge in [-0.05, 0) is 47.9 Å². The van der Waals surface area contributed by atoms with Crippen molar-refractivity contribution in [3.05, 3.63) is 103 Å². The second-order valence-corrected chi connectivity index (χ2v) is 7.21. The fourth-order valence-electron chi connectivity index (χ4n) is 3.42. The predicted octanol–water partition coefficient (Wildman–Crippen LogP) is 5.17. The summed E-state index contributed by atoms with van der Waals surface area (Å²) in [6.07, 6.45) is 0. The molecule has 0 saturated carbocycles. The van der Waals surface area contributed by atoms with Crippen LogP contribution in [0, 0.1) is 0 Å². The maximum Gasteiger partial charge on any atom is 0.258 e. The van der Waals surface area contributed by atoms with Crippen molar-refractivity contribution in [3.8, 4) is 0 Å². The Morgan fingerprint density at radius 2 is 1.45 bits per heavy atom. The van der Waals surface area contributed by atoms with Crippen molar-refractivity contribution < 1.29 is 9.59 Å². The largest absolute Gasteiger partial charge is 0.376 e. The standard InChI is InChI=1S/C26H23N3O2/c1-29(22-10-3-2-4-11-22)26(31)20-14-16-21(17-15-20)28-25(30)18-27-24-13-7-9-19-8-5-6-12-23(19)24/h2-17,27H,18H2,1H3,(H,28,30). The summed E-state index contributed by atoms with van der Waals surface area (Å²) in [5.74, 6) is -0.268. The van der Waals surface area contributed by atoms with Crippen LogP contribution >= 0.6 is 0 Å². The summed E-state index contributed by atoms with van der Waals surface area (Å²) in [5, 5.41) is 8.25. The lowest BCUT2D eigenvalue weighted by molar-refractivity contribution is -0.114. The van der Waals surface area contributed by atoms with Crippen LogP contribution < -0.4 is 15.5 Å². The Bertz CT molecular complexity index is 1200. The first kappa shape index (κ1) is 20.2. The van der Waals surface area contributed by atoms with Crippen molar-refractivity contribution in [2.24, 2.45) is 0 Å². The smallest absolute Gasteiger partial charge is 0.258 e. The van der Waals surface area contributed by atoms with E-state index in [2.05, 4.69) is 10.6 Å². The summed E-state index contributed by atoms with van der Waals surface area (Å²) in [4.78, 5) is 26.7. The Balaban J connectivity index is 1.36. The Labute approximate surface area is 181 Å². The average molecular weight is 409 g/mol.